The van der Waals surface area contributed by atoms with Crippen molar-refractivity contribution in [3.63, 3.8) is 0 Å². The van der Waals surface area contributed by atoms with Crippen LogP contribution in [-0.2, 0) is 16.1 Å². The Hall–Kier alpha value is -2.20. The van der Waals surface area contributed by atoms with Gasteiger partial charge >= 0.3 is 5.97 Å². The van der Waals surface area contributed by atoms with Crippen LogP contribution in [-0.4, -0.2) is 55.5 Å². The summed E-state index contributed by atoms with van der Waals surface area (Å²) >= 11 is 1.06. The van der Waals surface area contributed by atoms with Crippen molar-refractivity contribution >= 4 is 17.7 Å². The number of aliphatic carboxylic acids is 1. The van der Waals surface area contributed by atoms with Crippen LogP contribution in [0.5, 0.6) is 0 Å². The predicted octanol–water partition coefficient (Wildman–Crippen LogP) is -0.149. The monoisotopic (exact) mass is 311 g/mol. The van der Waals surface area contributed by atoms with E-state index in [0.29, 0.717) is 29.8 Å². The molecule has 0 fully saturated rings. The van der Waals surface area contributed by atoms with Gasteiger partial charge in [-0.15, -0.1) is 10.2 Å². The van der Waals surface area contributed by atoms with E-state index in [1.807, 2.05) is 0 Å². The molecule has 0 aromatic carbocycles. The molecule has 0 aliphatic rings. The highest BCUT2D eigenvalue weighted by Crippen LogP contribution is 2.21. The summed E-state index contributed by atoms with van der Waals surface area (Å²) in [6.07, 6.45) is 0. The summed E-state index contributed by atoms with van der Waals surface area (Å²) in [5, 5.41) is 23.4. The molecule has 2 rings (SSSR count). The van der Waals surface area contributed by atoms with E-state index in [4.69, 9.17) is 9.84 Å². The maximum Gasteiger partial charge on any atom is 0.313 e. The second-order valence-corrected chi connectivity index (χ2v) is 4.88. The Kier molecular flexibility index (Phi) is 5.06. The van der Waals surface area contributed by atoms with Gasteiger partial charge in [-0.3, -0.25) is 14.2 Å². The van der Waals surface area contributed by atoms with Crippen molar-refractivity contribution in [3.05, 3.63) is 22.5 Å². The van der Waals surface area contributed by atoms with Crippen LogP contribution < -0.4 is 5.56 Å². The van der Waals surface area contributed by atoms with Gasteiger partial charge < -0.3 is 9.84 Å². The molecule has 10 heteroatoms. The van der Waals surface area contributed by atoms with E-state index >= 15 is 0 Å². The van der Waals surface area contributed by atoms with Gasteiger partial charge in [-0.1, -0.05) is 11.8 Å². The Morgan fingerprint density at radius 1 is 1.48 bits per heavy atom. The molecule has 0 spiro atoms. The smallest absolute Gasteiger partial charge is 0.313 e. The molecule has 2 N–H and O–H groups in total. The highest BCUT2D eigenvalue weighted by molar-refractivity contribution is 7.99. The highest BCUT2D eigenvalue weighted by atomic mass is 32.2. The molecule has 2 aromatic rings. The van der Waals surface area contributed by atoms with Crippen molar-refractivity contribution in [1.82, 2.24) is 25.0 Å². The summed E-state index contributed by atoms with van der Waals surface area (Å²) < 4.78 is 6.73. The Morgan fingerprint density at radius 3 is 2.90 bits per heavy atom. The number of nitrogens with zero attached hydrogens (tertiary/aromatic N) is 4. The number of hydrogen-bond donors (Lipinski definition) is 2. The molecule has 0 aliphatic carbocycles. The summed E-state index contributed by atoms with van der Waals surface area (Å²) in [6.45, 7) is 0.858. The fourth-order valence-electron chi connectivity index (χ4n) is 1.56. The molecule has 0 atom stereocenters. The van der Waals surface area contributed by atoms with Gasteiger partial charge in [0.1, 0.15) is 5.69 Å². The first-order valence-electron chi connectivity index (χ1n) is 5.94. The van der Waals surface area contributed by atoms with Gasteiger partial charge in [0.05, 0.1) is 18.9 Å². The fraction of sp³-hybridized carbons (Fsp3) is 0.364. The lowest BCUT2D eigenvalue weighted by Gasteiger charge is -2.08. The van der Waals surface area contributed by atoms with E-state index in [1.165, 1.54) is 12.1 Å². The van der Waals surface area contributed by atoms with E-state index in [9.17, 15) is 9.59 Å². The second-order valence-electron chi connectivity index (χ2n) is 3.94. The molecule has 2 heterocycles. The molecule has 2 aromatic heterocycles. The molecule has 0 bridgehead atoms. The van der Waals surface area contributed by atoms with Crippen LogP contribution in [0.4, 0.5) is 0 Å². The quantitative estimate of drug-likeness (QED) is 0.677. The molecule has 112 valence electrons. The molecular weight excluding hydrogens is 298 g/mol. The van der Waals surface area contributed by atoms with Gasteiger partial charge in [0.2, 0.25) is 0 Å². The number of rotatable bonds is 7. The maximum absolute atomic E-state index is 11.0. The zero-order chi connectivity index (χ0) is 15.2. The number of carbonyl (C=O) groups is 1. The van der Waals surface area contributed by atoms with Crippen molar-refractivity contribution in [2.75, 3.05) is 19.5 Å². The molecule has 0 aliphatic heterocycles. The number of nitrogens with one attached hydrogen (secondary N) is 1. The Bertz CT molecular complexity index is 663. The SMILES string of the molecule is COCCn1c(SCC(=O)O)nnc1-c1ccc(=O)[nH]n1. The average Bonchev–Trinajstić information content (AvgIpc) is 2.86. The maximum atomic E-state index is 11.0. The summed E-state index contributed by atoms with van der Waals surface area (Å²) in [5.41, 5.74) is 0.127. The standard InChI is InChI=1S/C11H13N5O4S/c1-20-5-4-16-10(7-2-3-8(17)13-12-7)14-15-11(16)21-6-9(18)19/h2-3H,4-6H2,1H3,(H,13,17)(H,18,19). The van der Waals surface area contributed by atoms with Crippen molar-refractivity contribution in [1.29, 1.82) is 0 Å². The first kappa shape index (κ1) is 15.2. The van der Waals surface area contributed by atoms with Gasteiger partial charge in [0.25, 0.3) is 5.56 Å². The molecule has 0 amide bonds. The van der Waals surface area contributed by atoms with Crippen LogP contribution in [0.25, 0.3) is 11.5 Å². The Morgan fingerprint density at radius 2 is 2.29 bits per heavy atom. The fourth-order valence-corrected chi connectivity index (χ4v) is 2.25. The molecule has 0 radical (unpaired) electrons. The number of thioether (sulfide) groups is 1. The molecule has 0 saturated heterocycles. The number of H-pyrrole nitrogens is 1. The highest BCUT2D eigenvalue weighted by Gasteiger charge is 2.16. The molecule has 21 heavy (non-hydrogen) atoms. The minimum atomic E-state index is -0.940. The number of carboxylic acid groups (broad SMARTS) is 1. The van der Waals surface area contributed by atoms with E-state index in [0.717, 1.165) is 11.8 Å². The summed E-state index contributed by atoms with van der Waals surface area (Å²) in [4.78, 5) is 21.7. The number of ether oxygens (including phenoxy) is 1. The van der Waals surface area contributed by atoms with Crippen molar-refractivity contribution in [3.8, 4) is 11.5 Å². The molecule has 9 nitrogen and oxygen atoms in total. The first-order valence-corrected chi connectivity index (χ1v) is 6.93. The number of aromatic nitrogens is 5. The van der Waals surface area contributed by atoms with Crippen molar-refractivity contribution in [2.24, 2.45) is 0 Å². The number of carboxylic acids is 1. The summed E-state index contributed by atoms with van der Waals surface area (Å²) in [5.74, 6) is -0.620. The Balaban J connectivity index is 2.33. The lowest BCUT2D eigenvalue weighted by Crippen LogP contribution is -2.11. The zero-order valence-corrected chi connectivity index (χ0v) is 12.0. The van der Waals surface area contributed by atoms with E-state index in [-0.39, 0.29) is 11.3 Å². The average molecular weight is 311 g/mol. The van der Waals surface area contributed by atoms with Crippen LogP contribution in [0.2, 0.25) is 0 Å². The number of aromatic amines is 1. The normalized spacial score (nSPS) is 10.7. The lowest BCUT2D eigenvalue weighted by atomic mass is 10.3. The minimum Gasteiger partial charge on any atom is -0.481 e. The third kappa shape index (κ3) is 3.89. The third-order valence-corrected chi connectivity index (χ3v) is 3.42. The minimum absolute atomic E-state index is 0.121. The summed E-state index contributed by atoms with van der Waals surface area (Å²) in [7, 11) is 1.56. The third-order valence-electron chi connectivity index (χ3n) is 2.47. The number of hydrogen-bond acceptors (Lipinski definition) is 7. The number of methoxy groups -OCH3 is 1. The zero-order valence-electron chi connectivity index (χ0n) is 11.1. The van der Waals surface area contributed by atoms with Crippen LogP contribution in [0.1, 0.15) is 0 Å². The van der Waals surface area contributed by atoms with Gasteiger partial charge in [-0.2, -0.15) is 5.10 Å². The van der Waals surface area contributed by atoms with Crippen LogP contribution in [0, 0.1) is 0 Å². The van der Waals surface area contributed by atoms with Crippen LogP contribution in [0.3, 0.4) is 0 Å². The first-order chi connectivity index (χ1) is 10.1. The predicted molar refractivity (Wildman–Crippen MR) is 74.1 cm³/mol. The second kappa shape index (κ2) is 6.99. The van der Waals surface area contributed by atoms with E-state index in [2.05, 4.69) is 20.4 Å². The molecule has 0 saturated carbocycles. The van der Waals surface area contributed by atoms with Gasteiger partial charge in [-0.05, 0) is 6.07 Å². The summed E-state index contributed by atoms with van der Waals surface area (Å²) in [6, 6.07) is 2.86. The topological polar surface area (TPSA) is 123 Å². The van der Waals surface area contributed by atoms with Crippen LogP contribution >= 0.6 is 11.8 Å². The Labute approximate surface area is 123 Å². The lowest BCUT2D eigenvalue weighted by molar-refractivity contribution is -0.133. The van der Waals surface area contributed by atoms with Gasteiger partial charge in [-0.25, -0.2) is 5.10 Å². The van der Waals surface area contributed by atoms with Crippen molar-refractivity contribution < 1.29 is 14.6 Å². The molecular formula is C11H13N5O4S. The van der Waals surface area contributed by atoms with E-state index < -0.39 is 5.97 Å². The van der Waals surface area contributed by atoms with Gasteiger partial charge in [0.15, 0.2) is 11.0 Å². The van der Waals surface area contributed by atoms with Crippen LogP contribution in [0.15, 0.2) is 22.1 Å². The van der Waals surface area contributed by atoms with Crippen molar-refractivity contribution in [2.45, 2.75) is 11.7 Å². The van der Waals surface area contributed by atoms with Gasteiger partial charge in [0, 0.05) is 13.2 Å². The largest absolute Gasteiger partial charge is 0.481 e. The molecule has 0 unspecified atom stereocenters. The van der Waals surface area contributed by atoms with E-state index in [1.54, 1.807) is 11.7 Å².